The summed E-state index contributed by atoms with van der Waals surface area (Å²) in [5.74, 6) is 0. The first-order chi connectivity index (χ1) is 13.8. The average molecular weight is 695 g/mol. The summed E-state index contributed by atoms with van der Waals surface area (Å²) in [5.41, 5.74) is 15.6. The van der Waals surface area contributed by atoms with E-state index in [9.17, 15) is 0 Å². The van der Waals surface area contributed by atoms with Crippen molar-refractivity contribution in [1.29, 1.82) is 0 Å². The van der Waals surface area contributed by atoms with Crippen molar-refractivity contribution in [3.8, 4) is 0 Å². The van der Waals surface area contributed by atoms with Crippen molar-refractivity contribution in [3.63, 3.8) is 0 Å². The predicted molar refractivity (Wildman–Crippen MR) is 153 cm³/mol. The maximum absolute atomic E-state index is 5.65. The van der Waals surface area contributed by atoms with Gasteiger partial charge in [0.05, 0.1) is 0 Å². The molecule has 0 N–H and O–H groups in total. The minimum atomic E-state index is -0.239. The molecule has 204 valence electrons. The number of hydrogen-bond acceptors (Lipinski definition) is 2. The van der Waals surface area contributed by atoms with Crippen LogP contribution in [-0.4, -0.2) is 0 Å². The van der Waals surface area contributed by atoms with E-state index in [-0.39, 0.29) is 58.4 Å². The molecule has 0 aliphatic carbocycles. The Balaban J connectivity index is -0.000000187. The Labute approximate surface area is 253 Å². The van der Waals surface area contributed by atoms with E-state index < -0.39 is 0 Å². The molecule has 0 aliphatic rings. The van der Waals surface area contributed by atoms with Gasteiger partial charge in [-0.3, -0.25) is 4.58 Å². The number of hydrogen-bond donors (Lipinski definition) is 0. The first-order valence-electron chi connectivity index (χ1n) is 10.3. The first kappa shape index (κ1) is 41.3. The fourth-order valence-electron chi connectivity index (χ4n) is 3.43. The molecular weight excluding hydrogens is 654 g/mol. The molecule has 0 nitrogen and oxygen atoms in total. The number of rotatable bonds is 1. The second-order valence-corrected chi connectivity index (χ2v) is 9.81. The molecule has 0 aromatic heterocycles. The molecular formula is C29H41ClRh2S2-10. The minimum Gasteiger partial charge on any atom is -0.810 e. The zero-order valence-electron chi connectivity index (χ0n) is 22.7. The van der Waals surface area contributed by atoms with E-state index in [1.54, 1.807) is 12.1 Å². The van der Waals surface area contributed by atoms with Gasteiger partial charge in [0.2, 0.25) is 0 Å². The topological polar surface area (TPSA) is 0 Å². The van der Waals surface area contributed by atoms with Gasteiger partial charge in [0.25, 0.3) is 0 Å². The monoisotopic (exact) mass is 694 g/mol. The summed E-state index contributed by atoms with van der Waals surface area (Å²) in [7, 11) is 0. The normalized spacial score (nSPS) is 9.24. The fourth-order valence-corrected chi connectivity index (χ4v) is 3.87. The van der Waals surface area contributed by atoms with Gasteiger partial charge < -0.3 is 67.9 Å². The van der Waals surface area contributed by atoms with Crippen molar-refractivity contribution < 1.29 is 39.0 Å². The molecule has 2 radical (unpaired) electrons. The SMILES string of the molecule is C[c-]1[c-](C)[c-](C)[c-](C)[c-]1C.Cc1c(C)c(C)[c-](C)c1C.[CH3-].[CH3-].[Rh].[Rh].[S-]C([S-])c1ccc(Cl)cc1. The molecule has 5 heteroatoms. The number of halogens is 1. The summed E-state index contributed by atoms with van der Waals surface area (Å²) < 4.78 is -0.239. The summed E-state index contributed by atoms with van der Waals surface area (Å²) in [4.78, 5) is 0. The van der Waals surface area contributed by atoms with Crippen molar-refractivity contribution in [2.45, 2.75) is 73.8 Å². The van der Waals surface area contributed by atoms with Crippen LogP contribution in [0.15, 0.2) is 24.3 Å². The predicted octanol–water partition coefficient (Wildman–Crippen LogP) is 9.22. The van der Waals surface area contributed by atoms with Crippen LogP contribution in [0, 0.1) is 84.1 Å². The zero-order chi connectivity index (χ0) is 23.3. The smallest absolute Gasteiger partial charge is 0.0406 e. The molecule has 0 aliphatic heterocycles. The molecule has 0 amide bonds. The maximum atomic E-state index is 5.65. The van der Waals surface area contributed by atoms with E-state index in [1.165, 1.54) is 55.6 Å². The Morgan fingerprint density at radius 1 is 0.618 bits per heavy atom. The molecule has 0 saturated heterocycles. The van der Waals surface area contributed by atoms with Crippen molar-refractivity contribution >= 4 is 36.9 Å². The van der Waals surface area contributed by atoms with Crippen LogP contribution in [0.25, 0.3) is 0 Å². The molecule has 3 aromatic carbocycles. The molecule has 3 aromatic rings. The van der Waals surface area contributed by atoms with Crippen LogP contribution in [0.5, 0.6) is 0 Å². The largest absolute Gasteiger partial charge is 0.810 e. The van der Waals surface area contributed by atoms with Gasteiger partial charge in [-0.25, -0.2) is 34.6 Å². The summed E-state index contributed by atoms with van der Waals surface area (Å²) in [6.07, 6.45) is 0. The Hall–Kier alpha value is 0.157. The standard InChI is InChI=1S/2C10H15.C7H7ClS2.2CH3.2Rh/c2*1-6-7(2)9(4)10(5)8(6)3;8-6-3-1-5(2-4-6)7(9)10;;;;/h2*1-5H3;1-4,7,9-10H;2*1H3;;/q-5;-1;;2*-1;;/p-2. The van der Waals surface area contributed by atoms with Gasteiger partial charge in [-0.15, -0.1) is 0 Å². The van der Waals surface area contributed by atoms with Gasteiger partial charge in [0.15, 0.2) is 0 Å². The van der Waals surface area contributed by atoms with Gasteiger partial charge in [-0.2, -0.15) is 27.8 Å². The van der Waals surface area contributed by atoms with E-state index in [1.807, 2.05) is 12.1 Å². The molecule has 0 bridgehead atoms. The maximum Gasteiger partial charge on any atom is 0.0406 e. The van der Waals surface area contributed by atoms with Crippen LogP contribution in [0.2, 0.25) is 5.02 Å². The fraction of sp³-hybridized carbons (Fsp3) is 0.379. The molecule has 0 spiro atoms. The van der Waals surface area contributed by atoms with Crippen LogP contribution < -0.4 is 0 Å². The molecule has 0 heterocycles. The van der Waals surface area contributed by atoms with Gasteiger partial charge in [-0.1, -0.05) is 63.9 Å². The van der Waals surface area contributed by atoms with E-state index in [0.717, 1.165) is 10.6 Å². The molecule has 0 saturated carbocycles. The van der Waals surface area contributed by atoms with E-state index in [0.29, 0.717) is 0 Å². The van der Waals surface area contributed by atoms with Crippen molar-refractivity contribution in [2.75, 3.05) is 0 Å². The third-order valence-corrected chi connectivity index (χ3v) is 7.56. The summed E-state index contributed by atoms with van der Waals surface area (Å²) in [6.45, 7) is 22.0. The Morgan fingerprint density at radius 3 is 1.06 bits per heavy atom. The first-order valence-corrected chi connectivity index (χ1v) is 11.6. The molecule has 3 rings (SSSR count). The average Bonchev–Trinajstić information content (AvgIpc) is 2.99. The second-order valence-electron chi connectivity index (χ2n) is 8.13. The minimum absolute atomic E-state index is 0. The van der Waals surface area contributed by atoms with Crippen molar-refractivity contribution in [1.82, 2.24) is 0 Å². The van der Waals surface area contributed by atoms with E-state index in [2.05, 4.69) is 69.2 Å². The third-order valence-electron chi connectivity index (χ3n) is 6.77. The molecule has 0 atom stereocenters. The third kappa shape index (κ3) is 10.6. The van der Waals surface area contributed by atoms with E-state index >= 15 is 0 Å². The van der Waals surface area contributed by atoms with E-state index in [4.69, 9.17) is 36.9 Å². The Morgan fingerprint density at radius 2 is 0.882 bits per heavy atom. The summed E-state index contributed by atoms with van der Waals surface area (Å²) >= 11 is 15.4. The number of benzene rings is 1. The van der Waals surface area contributed by atoms with Crippen LogP contribution >= 0.6 is 11.6 Å². The summed E-state index contributed by atoms with van der Waals surface area (Å²) in [5, 5.41) is 0.717. The van der Waals surface area contributed by atoms with Crippen LogP contribution in [0.3, 0.4) is 0 Å². The molecule has 34 heavy (non-hydrogen) atoms. The van der Waals surface area contributed by atoms with Crippen molar-refractivity contribution in [3.05, 3.63) is 105 Å². The quantitative estimate of drug-likeness (QED) is 0.142. The van der Waals surface area contributed by atoms with Gasteiger partial charge >= 0.3 is 0 Å². The van der Waals surface area contributed by atoms with Crippen LogP contribution in [0.1, 0.15) is 65.8 Å². The second kappa shape index (κ2) is 18.4. The Bertz CT molecular complexity index is 764. The zero-order valence-corrected chi connectivity index (χ0v) is 28.4. The van der Waals surface area contributed by atoms with Gasteiger partial charge in [0.1, 0.15) is 0 Å². The molecule has 0 fully saturated rings. The van der Waals surface area contributed by atoms with Crippen LogP contribution in [0.4, 0.5) is 0 Å². The molecule has 0 unspecified atom stereocenters. The Kier molecular flexibility index (Phi) is 22.4. The summed E-state index contributed by atoms with van der Waals surface area (Å²) in [6, 6.07) is 7.30. The van der Waals surface area contributed by atoms with Gasteiger partial charge in [-0.05, 0) is 12.1 Å². The van der Waals surface area contributed by atoms with Gasteiger partial charge in [0, 0.05) is 44.0 Å². The van der Waals surface area contributed by atoms with Crippen LogP contribution in [-0.2, 0) is 64.2 Å². The van der Waals surface area contributed by atoms with Crippen molar-refractivity contribution in [2.24, 2.45) is 0 Å².